The third kappa shape index (κ3) is 2.95. The molecule has 2 aromatic rings. The van der Waals surface area contributed by atoms with Crippen molar-refractivity contribution >= 4 is 0 Å². The summed E-state index contributed by atoms with van der Waals surface area (Å²) in [6.45, 7) is 0. The monoisotopic (exact) mass is 344 g/mol. The average molecular weight is 344 g/mol. The van der Waals surface area contributed by atoms with Gasteiger partial charge in [0.25, 0.3) is 0 Å². The Morgan fingerprint density at radius 1 is 0.880 bits per heavy atom. The number of hydrogen-bond acceptors (Lipinski definition) is 5. The zero-order chi connectivity index (χ0) is 18.0. The maximum absolute atomic E-state index is 10.5. The molecule has 1 aliphatic carbocycles. The van der Waals surface area contributed by atoms with Gasteiger partial charge in [-0.1, -0.05) is 6.07 Å². The zero-order valence-corrected chi connectivity index (χ0v) is 15.1. The molecule has 134 valence electrons. The van der Waals surface area contributed by atoms with Crippen LogP contribution in [0.3, 0.4) is 0 Å². The maximum Gasteiger partial charge on any atom is 0.203 e. The van der Waals surface area contributed by atoms with E-state index in [9.17, 15) is 5.11 Å². The summed E-state index contributed by atoms with van der Waals surface area (Å²) < 4.78 is 21.6. The lowest BCUT2D eigenvalue weighted by Gasteiger charge is -2.28. The summed E-state index contributed by atoms with van der Waals surface area (Å²) in [6.07, 6.45) is 2.84. The first-order chi connectivity index (χ1) is 12.1. The summed E-state index contributed by atoms with van der Waals surface area (Å²) in [6, 6.07) is 7.84. The fourth-order valence-corrected chi connectivity index (χ4v) is 3.67. The minimum Gasteiger partial charge on any atom is -0.504 e. The summed E-state index contributed by atoms with van der Waals surface area (Å²) in [7, 11) is 6.40. The van der Waals surface area contributed by atoms with Crippen LogP contribution < -0.4 is 18.9 Å². The second-order valence-electron chi connectivity index (χ2n) is 6.09. The molecule has 0 aliphatic heterocycles. The van der Waals surface area contributed by atoms with Crippen molar-refractivity contribution in [1.29, 1.82) is 0 Å². The van der Waals surface area contributed by atoms with Crippen LogP contribution in [0.4, 0.5) is 0 Å². The van der Waals surface area contributed by atoms with Crippen LogP contribution >= 0.6 is 0 Å². The lowest BCUT2D eigenvalue weighted by molar-refractivity contribution is 0.323. The van der Waals surface area contributed by atoms with E-state index in [0.29, 0.717) is 23.0 Å². The molecule has 0 bridgehead atoms. The Bertz CT molecular complexity index is 744. The highest BCUT2D eigenvalue weighted by Crippen LogP contribution is 2.47. The Morgan fingerprint density at radius 3 is 2.08 bits per heavy atom. The van der Waals surface area contributed by atoms with Crippen molar-refractivity contribution in [2.75, 3.05) is 28.4 Å². The summed E-state index contributed by atoms with van der Waals surface area (Å²) >= 11 is 0. The van der Waals surface area contributed by atoms with E-state index < -0.39 is 0 Å². The molecule has 0 fully saturated rings. The zero-order valence-electron chi connectivity index (χ0n) is 15.1. The van der Waals surface area contributed by atoms with E-state index in [1.807, 2.05) is 24.3 Å². The van der Waals surface area contributed by atoms with E-state index in [-0.39, 0.29) is 11.7 Å². The number of aromatic hydroxyl groups is 1. The number of hydrogen-bond donors (Lipinski definition) is 1. The molecule has 2 aromatic carbocycles. The van der Waals surface area contributed by atoms with Crippen molar-refractivity contribution in [3.8, 4) is 28.7 Å². The molecule has 25 heavy (non-hydrogen) atoms. The van der Waals surface area contributed by atoms with Crippen LogP contribution in [0.1, 0.15) is 35.4 Å². The van der Waals surface area contributed by atoms with Crippen molar-refractivity contribution in [2.24, 2.45) is 0 Å². The fourth-order valence-electron chi connectivity index (χ4n) is 3.67. The lowest BCUT2D eigenvalue weighted by atomic mass is 9.78. The number of fused-ring (bicyclic) bond motifs is 1. The van der Waals surface area contributed by atoms with Gasteiger partial charge in [0.05, 0.1) is 28.4 Å². The standard InChI is InChI=1S/C20H24O5/c1-22-16-9-8-14-13(6-5-7-15(14)19(16)21)12-10-17(23-2)20(25-4)18(11-12)24-3/h8-11,13,21H,5-7H2,1-4H3. The Kier molecular flexibility index (Phi) is 4.93. The topological polar surface area (TPSA) is 57.2 Å². The Morgan fingerprint density at radius 2 is 1.52 bits per heavy atom. The molecule has 0 aromatic heterocycles. The largest absolute Gasteiger partial charge is 0.504 e. The van der Waals surface area contributed by atoms with Crippen LogP contribution in [0.5, 0.6) is 28.7 Å². The third-order valence-electron chi connectivity index (χ3n) is 4.89. The maximum atomic E-state index is 10.5. The van der Waals surface area contributed by atoms with Crippen LogP contribution in [0, 0.1) is 0 Å². The average Bonchev–Trinajstić information content (AvgIpc) is 2.66. The van der Waals surface area contributed by atoms with Gasteiger partial charge in [0, 0.05) is 11.5 Å². The summed E-state index contributed by atoms with van der Waals surface area (Å²) in [5, 5.41) is 10.5. The van der Waals surface area contributed by atoms with Crippen LogP contribution in [-0.2, 0) is 6.42 Å². The van der Waals surface area contributed by atoms with Gasteiger partial charge in [-0.2, -0.15) is 0 Å². The normalized spacial score (nSPS) is 16.1. The Balaban J connectivity index is 2.12. The molecule has 1 unspecified atom stereocenters. The first kappa shape index (κ1) is 17.3. The van der Waals surface area contributed by atoms with Crippen LogP contribution in [0.25, 0.3) is 0 Å². The van der Waals surface area contributed by atoms with E-state index in [1.54, 1.807) is 28.4 Å². The number of methoxy groups -OCH3 is 4. The summed E-state index contributed by atoms with van der Waals surface area (Å²) in [4.78, 5) is 0. The van der Waals surface area contributed by atoms with Crippen LogP contribution in [0.2, 0.25) is 0 Å². The highest BCUT2D eigenvalue weighted by molar-refractivity contribution is 5.58. The molecule has 5 nitrogen and oxygen atoms in total. The molecule has 1 N–H and O–H groups in total. The Labute approximate surface area is 148 Å². The van der Waals surface area contributed by atoms with E-state index in [0.717, 1.165) is 36.0 Å². The predicted molar refractivity (Wildman–Crippen MR) is 95.5 cm³/mol. The quantitative estimate of drug-likeness (QED) is 0.892. The molecule has 5 heteroatoms. The third-order valence-corrected chi connectivity index (χ3v) is 4.89. The van der Waals surface area contributed by atoms with E-state index in [4.69, 9.17) is 18.9 Å². The minimum atomic E-state index is 0.161. The van der Waals surface area contributed by atoms with Crippen molar-refractivity contribution in [2.45, 2.75) is 25.2 Å². The first-order valence-electron chi connectivity index (χ1n) is 8.33. The lowest BCUT2D eigenvalue weighted by Crippen LogP contribution is -2.12. The molecule has 0 radical (unpaired) electrons. The minimum absolute atomic E-state index is 0.161. The number of phenolic OH excluding ortho intramolecular Hbond substituents is 1. The first-order valence-corrected chi connectivity index (χ1v) is 8.33. The van der Waals surface area contributed by atoms with Gasteiger partial charge in [-0.3, -0.25) is 0 Å². The van der Waals surface area contributed by atoms with Gasteiger partial charge in [-0.15, -0.1) is 0 Å². The smallest absolute Gasteiger partial charge is 0.203 e. The second kappa shape index (κ2) is 7.13. The SMILES string of the molecule is COc1ccc2c(c1O)CCCC2c1cc(OC)c(OC)c(OC)c1. The van der Waals surface area contributed by atoms with Crippen LogP contribution in [-0.4, -0.2) is 33.5 Å². The van der Waals surface area contributed by atoms with E-state index in [2.05, 4.69) is 0 Å². The number of phenols is 1. The molecule has 0 amide bonds. The molecule has 0 saturated heterocycles. The van der Waals surface area contributed by atoms with Crippen molar-refractivity contribution < 1.29 is 24.1 Å². The Hall–Kier alpha value is -2.56. The summed E-state index contributed by atoms with van der Waals surface area (Å²) in [5.74, 6) is 2.79. The molecule has 3 rings (SSSR count). The number of benzene rings is 2. The van der Waals surface area contributed by atoms with Crippen molar-refractivity contribution in [3.05, 3.63) is 41.0 Å². The molecule has 0 saturated carbocycles. The number of rotatable bonds is 5. The van der Waals surface area contributed by atoms with E-state index in [1.165, 1.54) is 0 Å². The predicted octanol–water partition coefficient (Wildman–Crippen LogP) is 3.89. The molecule has 1 aliphatic rings. The highest BCUT2D eigenvalue weighted by atomic mass is 16.5. The molecule has 0 spiro atoms. The molecular formula is C20H24O5. The molecule has 1 atom stereocenters. The molecular weight excluding hydrogens is 320 g/mol. The van der Waals surface area contributed by atoms with E-state index >= 15 is 0 Å². The number of ether oxygens (including phenoxy) is 4. The highest BCUT2D eigenvalue weighted by Gasteiger charge is 2.27. The van der Waals surface area contributed by atoms with Gasteiger partial charge in [0.15, 0.2) is 23.0 Å². The van der Waals surface area contributed by atoms with Gasteiger partial charge in [0.1, 0.15) is 0 Å². The van der Waals surface area contributed by atoms with Crippen molar-refractivity contribution in [3.63, 3.8) is 0 Å². The van der Waals surface area contributed by atoms with Gasteiger partial charge in [0.2, 0.25) is 5.75 Å². The molecule has 0 heterocycles. The van der Waals surface area contributed by atoms with Gasteiger partial charge in [-0.25, -0.2) is 0 Å². The summed E-state index contributed by atoms with van der Waals surface area (Å²) in [5.41, 5.74) is 3.17. The van der Waals surface area contributed by atoms with Gasteiger partial charge in [-0.05, 0) is 48.6 Å². The second-order valence-corrected chi connectivity index (χ2v) is 6.09. The fraction of sp³-hybridized carbons (Fsp3) is 0.400. The van der Waals surface area contributed by atoms with Crippen molar-refractivity contribution in [1.82, 2.24) is 0 Å². The van der Waals surface area contributed by atoms with Gasteiger partial charge < -0.3 is 24.1 Å². The van der Waals surface area contributed by atoms with Crippen LogP contribution in [0.15, 0.2) is 24.3 Å². The van der Waals surface area contributed by atoms with Gasteiger partial charge >= 0.3 is 0 Å².